The van der Waals surface area contributed by atoms with Crippen molar-refractivity contribution in [2.45, 2.75) is 6.42 Å². The van der Waals surface area contributed by atoms with Crippen LogP contribution >= 0.6 is 0 Å². The first kappa shape index (κ1) is 6.97. The number of rotatable bonds is 0. The number of carbonyl (C=O) groups is 1. The summed E-state index contributed by atoms with van der Waals surface area (Å²) in [5.74, 6) is -0.165. The first-order valence-electron chi connectivity index (χ1n) is 3.56. The van der Waals surface area contributed by atoms with E-state index >= 15 is 0 Å². The number of carbonyl (C=O) groups excluding carboxylic acids is 1. The van der Waals surface area contributed by atoms with Gasteiger partial charge in [-0.1, -0.05) is 6.08 Å². The van der Waals surface area contributed by atoms with Gasteiger partial charge in [-0.2, -0.15) is 0 Å². The second-order valence-corrected chi connectivity index (χ2v) is 2.52. The van der Waals surface area contributed by atoms with Crippen molar-refractivity contribution in [1.82, 2.24) is 9.97 Å². The normalized spacial score (nSPS) is 14.5. The molecule has 0 saturated carbocycles. The SMILES string of the molecule is O=C1CC=Cc2nc[nH]c(=O)c21. The summed E-state index contributed by atoms with van der Waals surface area (Å²) < 4.78 is 0. The number of hydrogen-bond acceptors (Lipinski definition) is 3. The number of H-pyrrole nitrogens is 1. The molecule has 4 nitrogen and oxygen atoms in total. The largest absolute Gasteiger partial charge is 0.313 e. The Balaban J connectivity index is 2.79. The third-order valence-corrected chi connectivity index (χ3v) is 1.74. The molecule has 0 unspecified atom stereocenters. The molecule has 0 spiro atoms. The Morgan fingerprint density at radius 2 is 2.25 bits per heavy atom. The molecule has 0 radical (unpaired) electrons. The zero-order valence-electron chi connectivity index (χ0n) is 6.20. The number of fused-ring (bicyclic) bond motifs is 1. The second-order valence-electron chi connectivity index (χ2n) is 2.52. The van der Waals surface area contributed by atoms with Crippen molar-refractivity contribution in [1.29, 1.82) is 0 Å². The molecule has 2 rings (SSSR count). The van der Waals surface area contributed by atoms with E-state index in [1.54, 1.807) is 12.2 Å². The maximum Gasteiger partial charge on any atom is 0.262 e. The lowest BCUT2D eigenvalue weighted by Gasteiger charge is -2.04. The molecule has 0 aromatic carbocycles. The highest BCUT2D eigenvalue weighted by Gasteiger charge is 2.17. The molecule has 1 aromatic heterocycles. The summed E-state index contributed by atoms with van der Waals surface area (Å²) in [6.07, 6.45) is 4.98. The minimum absolute atomic E-state index is 0.165. The van der Waals surface area contributed by atoms with Gasteiger partial charge in [-0.25, -0.2) is 4.98 Å². The first-order valence-corrected chi connectivity index (χ1v) is 3.56. The van der Waals surface area contributed by atoms with Crippen LogP contribution in [0.25, 0.3) is 6.08 Å². The molecular weight excluding hydrogens is 156 g/mol. The fourth-order valence-electron chi connectivity index (χ4n) is 1.19. The third-order valence-electron chi connectivity index (χ3n) is 1.74. The van der Waals surface area contributed by atoms with Gasteiger partial charge in [0.15, 0.2) is 5.78 Å². The van der Waals surface area contributed by atoms with E-state index in [2.05, 4.69) is 9.97 Å². The number of aromatic amines is 1. The quantitative estimate of drug-likeness (QED) is 0.599. The van der Waals surface area contributed by atoms with Crippen LogP contribution in [0.15, 0.2) is 17.2 Å². The lowest BCUT2D eigenvalue weighted by Crippen LogP contribution is -2.21. The van der Waals surface area contributed by atoms with Gasteiger partial charge in [0.1, 0.15) is 5.56 Å². The summed E-state index contributed by atoms with van der Waals surface area (Å²) >= 11 is 0. The van der Waals surface area contributed by atoms with Gasteiger partial charge in [0, 0.05) is 6.42 Å². The van der Waals surface area contributed by atoms with Crippen LogP contribution in [0.1, 0.15) is 22.5 Å². The zero-order valence-corrected chi connectivity index (χ0v) is 6.20. The van der Waals surface area contributed by atoms with Gasteiger partial charge < -0.3 is 4.98 Å². The highest BCUT2D eigenvalue weighted by atomic mass is 16.1. The van der Waals surface area contributed by atoms with Gasteiger partial charge in [0.2, 0.25) is 0 Å². The summed E-state index contributed by atoms with van der Waals surface area (Å²) in [6.45, 7) is 0. The number of allylic oxidation sites excluding steroid dienone is 1. The Labute approximate surface area is 68.0 Å². The summed E-state index contributed by atoms with van der Waals surface area (Å²) in [4.78, 5) is 28.6. The topological polar surface area (TPSA) is 62.8 Å². The predicted molar refractivity (Wildman–Crippen MR) is 42.8 cm³/mol. The van der Waals surface area contributed by atoms with Crippen molar-refractivity contribution in [2.24, 2.45) is 0 Å². The fraction of sp³-hybridized carbons (Fsp3) is 0.125. The summed E-state index contributed by atoms with van der Waals surface area (Å²) in [7, 11) is 0. The van der Waals surface area contributed by atoms with Crippen molar-refractivity contribution < 1.29 is 4.79 Å². The molecule has 1 heterocycles. The molecule has 0 amide bonds. The van der Waals surface area contributed by atoms with Gasteiger partial charge in [-0.15, -0.1) is 0 Å². The summed E-state index contributed by atoms with van der Waals surface area (Å²) in [5.41, 5.74) is 0.296. The van der Waals surface area contributed by atoms with E-state index in [0.717, 1.165) is 0 Å². The Morgan fingerprint density at radius 1 is 1.42 bits per heavy atom. The van der Waals surface area contributed by atoms with E-state index in [1.807, 2.05) is 0 Å². The minimum atomic E-state index is -0.352. The first-order chi connectivity index (χ1) is 5.79. The van der Waals surface area contributed by atoms with Crippen molar-refractivity contribution in [3.05, 3.63) is 34.0 Å². The van der Waals surface area contributed by atoms with Crippen LogP contribution in [0.3, 0.4) is 0 Å². The average molecular weight is 162 g/mol. The average Bonchev–Trinajstić information content (AvgIpc) is 2.04. The molecule has 0 fully saturated rings. The van der Waals surface area contributed by atoms with Crippen LogP contribution in [0, 0.1) is 0 Å². The Bertz CT molecular complexity index is 417. The van der Waals surface area contributed by atoms with Gasteiger partial charge >= 0.3 is 0 Å². The molecule has 1 aromatic rings. The Morgan fingerprint density at radius 3 is 3.00 bits per heavy atom. The number of aromatic nitrogens is 2. The van der Waals surface area contributed by atoms with Crippen molar-refractivity contribution in [3.63, 3.8) is 0 Å². The van der Waals surface area contributed by atoms with Crippen molar-refractivity contribution in [2.75, 3.05) is 0 Å². The Hall–Kier alpha value is -1.71. The fourth-order valence-corrected chi connectivity index (χ4v) is 1.19. The van der Waals surface area contributed by atoms with Gasteiger partial charge in [0.25, 0.3) is 5.56 Å². The third kappa shape index (κ3) is 0.887. The minimum Gasteiger partial charge on any atom is -0.313 e. The van der Waals surface area contributed by atoms with E-state index in [1.165, 1.54) is 6.33 Å². The number of ketones is 1. The van der Waals surface area contributed by atoms with E-state index in [4.69, 9.17) is 0 Å². The molecule has 1 aliphatic carbocycles. The van der Waals surface area contributed by atoms with Crippen LogP contribution in [0.2, 0.25) is 0 Å². The molecule has 12 heavy (non-hydrogen) atoms. The maximum absolute atomic E-state index is 11.2. The predicted octanol–water partition coefficient (Wildman–Crippen LogP) is 0.369. The van der Waals surface area contributed by atoms with E-state index in [-0.39, 0.29) is 16.9 Å². The van der Waals surface area contributed by atoms with Crippen LogP contribution in [-0.2, 0) is 0 Å². The molecule has 0 atom stereocenters. The zero-order chi connectivity index (χ0) is 8.55. The number of Topliss-reactive ketones (excluding diaryl/α,β-unsaturated/α-hetero) is 1. The molecule has 0 saturated heterocycles. The van der Waals surface area contributed by atoms with Crippen LogP contribution in [0.5, 0.6) is 0 Å². The molecule has 60 valence electrons. The number of nitrogens with one attached hydrogen (secondary N) is 1. The molecule has 1 N–H and O–H groups in total. The molecular formula is C8H6N2O2. The molecule has 0 bridgehead atoms. The van der Waals surface area contributed by atoms with Crippen molar-refractivity contribution in [3.8, 4) is 0 Å². The smallest absolute Gasteiger partial charge is 0.262 e. The van der Waals surface area contributed by atoms with Gasteiger partial charge in [-0.05, 0) is 6.08 Å². The highest BCUT2D eigenvalue weighted by molar-refractivity contribution is 6.01. The summed E-state index contributed by atoms with van der Waals surface area (Å²) in [5, 5.41) is 0. The van der Waals surface area contributed by atoms with E-state index < -0.39 is 0 Å². The second kappa shape index (κ2) is 2.41. The number of nitrogens with zero attached hydrogens (tertiary/aromatic N) is 1. The Kier molecular flexibility index (Phi) is 1.40. The highest BCUT2D eigenvalue weighted by Crippen LogP contribution is 2.11. The van der Waals surface area contributed by atoms with E-state index in [9.17, 15) is 9.59 Å². The van der Waals surface area contributed by atoms with Crippen LogP contribution < -0.4 is 5.56 Å². The standard InChI is InChI=1S/C8H6N2O2/c11-6-3-1-2-5-7(6)8(12)10-4-9-5/h1-2,4H,3H2,(H,9,10,12). The van der Waals surface area contributed by atoms with Gasteiger partial charge in [-0.3, -0.25) is 9.59 Å². The van der Waals surface area contributed by atoms with E-state index in [0.29, 0.717) is 12.1 Å². The monoisotopic (exact) mass is 162 g/mol. The van der Waals surface area contributed by atoms with Crippen LogP contribution in [-0.4, -0.2) is 15.8 Å². The van der Waals surface area contributed by atoms with Crippen LogP contribution in [0.4, 0.5) is 0 Å². The van der Waals surface area contributed by atoms with Crippen molar-refractivity contribution >= 4 is 11.9 Å². The van der Waals surface area contributed by atoms with Gasteiger partial charge in [0.05, 0.1) is 12.0 Å². The molecule has 0 aliphatic heterocycles. The number of hydrogen-bond donors (Lipinski definition) is 1. The summed E-state index contributed by atoms with van der Waals surface area (Å²) in [6, 6.07) is 0. The molecule has 1 aliphatic rings. The lowest BCUT2D eigenvalue weighted by molar-refractivity contribution is 0.0992. The lowest BCUT2D eigenvalue weighted by atomic mass is 10.0. The molecule has 4 heteroatoms. The maximum atomic E-state index is 11.2.